The third-order valence-corrected chi connectivity index (χ3v) is 6.35. The van der Waals surface area contributed by atoms with Gasteiger partial charge in [-0.05, 0) is 74.7 Å². The van der Waals surface area contributed by atoms with Crippen molar-refractivity contribution in [3.63, 3.8) is 0 Å². The van der Waals surface area contributed by atoms with Crippen LogP contribution >= 0.6 is 0 Å². The number of hydrogen-bond acceptors (Lipinski definition) is 2. The molecule has 4 saturated carbocycles. The lowest BCUT2D eigenvalue weighted by atomic mass is 9.48. The van der Waals surface area contributed by atoms with Crippen LogP contribution in [0.3, 0.4) is 0 Å². The molecule has 1 N–H and O–H groups in total. The van der Waals surface area contributed by atoms with Crippen molar-refractivity contribution in [1.82, 2.24) is 15.1 Å². The summed E-state index contributed by atoms with van der Waals surface area (Å²) in [6, 6.07) is 2.68. The summed E-state index contributed by atoms with van der Waals surface area (Å²) in [5, 5.41) is 8.10. The highest BCUT2D eigenvalue weighted by Gasteiger charge is 2.52. The summed E-state index contributed by atoms with van der Waals surface area (Å²) in [7, 11) is 0. The van der Waals surface area contributed by atoms with Gasteiger partial charge in [-0.3, -0.25) is 4.68 Å². The van der Waals surface area contributed by atoms with Gasteiger partial charge in [-0.1, -0.05) is 0 Å². The third-order valence-electron chi connectivity index (χ3n) is 6.35. The minimum absolute atomic E-state index is 0.624. The lowest BCUT2D eigenvalue weighted by Gasteiger charge is -2.59. The van der Waals surface area contributed by atoms with Crippen LogP contribution in [0.2, 0.25) is 0 Å². The van der Waals surface area contributed by atoms with Crippen LogP contribution in [0, 0.1) is 23.2 Å². The summed E-state index contributed by atoms with van der Waals surface area (Å²) >= 11 is 0. The Bertz CT molecular complexity index is 416. The van der Waals surface area contributed by atoms with Gasteiger partial charge >= 0.3 is 0 Å². The van der Waals surface area contributed by atoms with E-state index in [0.29, 0.717) is 11.5 Å². The summed E-state index contributed by atoms with van der Waals surface area (Å²) in [6.45, 7) is 4.48. The molecule has 1 heterocycles. The average molecular weight is 273 g/mol. The van der Waals surface area contributed by atoms with E-state index in [0.717, 1.165) is 30.8 Å². The lowest BCUT2D eigenvalue weighted by molar-refractivity contribution is -0.0704. The predicted molar refractivity (Wildman–Crippen MR) is 80.3 cm³/mol. The molecule has 1 aromatic heterocycles. The molecule has 4 aliphatic carbocycles. The Morgan fingerprint density at radius 1 is 1.20 bits per heavy atom. The van der Waals surface area contributed by atoms with Gasteiger partial charge in [-0.2, -0.15) is 5.10 Å². The standard InChI is InChI=1S/C17H27N3/c1-13(18-4-6-20-5-2-3-19-20)17-10-14-7-15(11-17)9-16(8-14)12-17/h2-3,5,13-16,18H,4,6-12H2,1H3. The van der Waals surface area contributed by atoms with Gasteiger partial charge in [0.1, 0.15) is 0 Å². The van der Waals surface area contributed by atoms with Gasteiger partial charge in [-0.15, -0.1) is 0 Å². The first kappa shape index (κ1) is 12.9. The van der Waals surface area contributed by atoms with Crippen LogP contribution in [-0.4, -0.2) is 22.4 Å². The maximum atomic E-state index is 4.28. The maximum absolute atomic E-state index is 4.28. The summed E-state index contributed by atoms with van der Waals surface area (Å²) in [4.78, 5) is 0. The summed E-state index contributed by atoms with van der Waals surface area (Å²) in [5.74, 6) is 3.16. The van der Waals surface area contributed by atoms with Crippen molar-refractivity contribution in [3.05, 3.63) is 18.5 Å². The molecule has 1 aromatic rings. The second-order valence-electron chi connectivity index (χ2n) is 7.72. The van der Waals surface area contributed by atoms with E-state index in [4.69, 9.17) is 0 Å². The molecule has 0 aliphatic heterocycles. The SMILES string of the molecule is CC(NCCn1cccn1)C12CC3CC(CC(C3)C1)C2. The first-order valence-electron chi connectivity index (χ1n) is 8.44. The highest BCUT2D eigenvalue weighted by molar-refractivity contribution is 5.05. The number of nitrogens with one attached hydrogen (secondary N) is 1. The van der Waals surface area contributed by atoms with Crippen molar-refractivity contribution in [2.75, 3.05) is 6.54 Å². The van der Waals surface area contributed by atoms with Crippen LogP contribution < -0.4 is 5.32 Å². The molecule has 0 aromatic carbocycles. The van der Waals surface area contributed by atoms with Crippen molar-refractivity contribution >= 4 is 0 Å². The van der Waals surface area contributed by atoms with Gasteiger partial charge in [0.15, 0.2) is 0 Å². The Kier molecular flexibility index (Phi) is 3.13. The summed E-state index contributed by atoms with van der Waals surface area (Å²) in [5.41, 5.74) is 0.624. The second kappa shape index (κ2) is 4.87. The van der Waals surface area contributed by atoms with Crippen molar-refractivity contribution in [1.29, 1.82) is 0 Å². The van der Waals surface area contributed by atoms with Gasteiger partial charge in [0.2, 0.25) is 0 Å². The van der Waals surface area contributed by atoms with E-state index in [1.807, 2.05) is 16.9 Å². The molecule has 20 heavy (non-hydrogen) atoms. The number of nitrogens with zero attached hydrogens (tertiary/aromatic N) is 2. The molecular weight excluding hydrogens is 246 g/mol. The molecule has 1 unspecified atom stereocenters. The van der Waals surface area contributed by atoms with E-state index in [9.17, 15) is 0 Å². The minimum Gasteiger partial charge on any atom is -0.312 e. The highest BCUT2D eigenvalue weighted by Crippen LogP contribution is 2.61. The summed E-state index contributed by atoms with van der Waals surface area (Å²) in [6.07, 6.45) is 13.0. The van der Waals surface area contributed by atoms with E-state index in [2.05, 4.69) is 23.5 Å². The van der Waals surface area contributed by atoms with Gasteiger partial charge in [0.25, 0.3) is 0 Å². The molecular formula is C17H27N3. The minimum atomic E-state index is 0.624. The molecule has 0 radical (unpaired) electrons. The Labute approximate surface area is 122 Å². The van der Waals surface area contributed by atoms with Crippen LogP contribution in [0.15, 0.2) is 18.5 Å². The van der Waals surface area contributed by atoms with E-state index >= 15 is 0 Å². The molecule has 3 nitrogen and oxygen atoms in total. The van der Waals surface area contributed by atoms with Crippen LogP contribution in [0.25, 0.3) is 0 Å². The zero-order valence-electron chi connectivity index (χ0n) is 12.6. The molecule has 3 heteroatoms. The van der Waals surface area contributed by atoms with Crippen molar-refractivity contribution < 1.29 is 0 Å². The monoisotopic (exact) mass is 273 g/mol. The molecule has 4 fully saturated rings. The lowest BCUT2D eigenvalue weighted by Crippen LogP contribution is -2.55. The van der Waals surface area contributed by atoms with Crippen LogP contribution in [0.5, 0.6) is 0 Å². The van der Waals surface area contributed by atoms with Gasteiger partial charge in [0, 0.05) is 25.0 Å². The van der Waals surface area contributed by atoms with Crippen LogP contribution in [-0.2, 0) is 6.54 Å². The van der Waals surface area contributed by atoms with Crippen molar-refractivity contribution in [2.45, 2.75) is 58.0 Å². The smallest absolute Gasteiger partial charge is 0.0534 e. The fourth-order valence-corrected chi connectivity index (χ4v) is 5.75. The van der Waals surface area contributed by atoms with E-state index < -0.39 is 0 Å². The van der Waals surface area contributed by atoms with Gasteiger partial charge in [-0.25, -0.2) is 0 Å². The van der Waals surface area contributed by atoms with Gasteiger partial charge in [0.05, 0.1) is 6.54 Å². The molecule has 5 rings (SSSR count). The van der Waals surface area contributed by atoms with Crippen molar-refractivity contribution in [3.8, 4) is 0 Å². The van der Waals surface area contributed by atoms with Crippen molar-refractivity contribution in [2.24, 2.45) is 23.2 Å². The Hall–Kier alpha value is -0.830. The fraction of sp³-hybridized carbons (Fsp3) is 0.824. The Morgan fingerprint density at radius 3 is 2.40 bits per heavy atom. The predicted octanol–water partition coefficient (Wildman–Crippen LogP) is 3.08. The summed E-state index contributed by atoms with van der Waals surface area (Å²) < 4.78 is 2.03. The number of aromatic nitrogens is 2. The Morgan fingerprint density at radius 2 is 1.85 bits per heavy atom. The first-order chi connectivity index (χ1) is 9.73. The van der Waals surface area contributed by atoms with Crippen LogP contribution in [0.1, 0.15) is 45.4 Å². The van der Waals surface area contributed by atoms with E-state index in [-0.39, 0.29) is 0 Å². The quantitative estimate of drug-likeness (QED) is 0.893. The molecule has 0 spiro atoms. The number of rotatable bonds is 5. The third kappa shape index (κ3) is 2.20. The molecule has 0 saturated heterocycles. The molecule has 1 atom stereocenters. The molecule has 0 amide bonds. The fourth-order valence-electron chi connectivity index (χ4n) is 5.75. The molecule has 110 valence electrons. The largest absolute Gasteiger partial charge is 0.312 e. The zero-order valence-corrected chi connectivity index (χ0v) is 12.6. The molecule has 4 bridgehead atoms. The van der Waals surface area contributed by atoms with Gasteiger partial charge < -0.3 is 5.32 Å². The van der Waals surface area contributed by atoms with E-state index in [1.165, 1.54) is 38.5 Å². The second-order valence-corrected chi connectivity index (χ2v) is 7.72. The first-order valence-corrected chi connectivity index (χ1v) is 8.44. The topological polar surface area (TPSA) is 29.9 Å². The normalized spacial score (nSPS) is 40.1. The maximum Gasteiger partial charge on any atom is 0.0534 e. The average Bonchev–Trinajstić information content (AvgIpc) is 2.90. The van der Waals surface area contributed by atoms with Crippen LogP contribution in [0.4, 0.5) is 0 Å². The Balaban J connectivity index is 1.37. The molecule has 4 aliphatic rings. The zero-order chi connectivity index (χ0) is 13.6. The number of hydrogen-bond donors (Lipinski definition) is 1. The van der Waals surface area contributed by atoms with E-state index in [1.54, 1.807) is 0 Å². The highest BCUT2D eigenvalue weighted by atomic mass is 15.3.